The van der Waals surface area contributed by atoms with Crippen molar-refractivity contribution in [2.45, 2.75) is 18.8 Å². The van der Waals surface area contributed by atoms with Crippen LogP contribution in [0.15, 0.2) is 30.5 Å². The molecular weight excluding hydrogens is 200 g/mol. The van der Waals surface area contributed by atoms with Crippen LogP contribution in [0.1, 0.15) is 24.5 Å². The number of ether oxygens (including phenoxy) is 1. The number of aromatic amines is 1. The highest BCUT2D eigenvalue weighted by atomic mass is 16.5. The lowest BCUT2D eigenvalue weighted by Gasteiger charge is -2.01. The molecule has 1 aliphatic rings. The van der Waals surface area contributed by atoms with E-state index in [0.29, 0.717) is 5.92 Å². The highest BCUT2D eigenvalue weighted by Gasteiger charge is 2.25. The lowest BCUT2D eigenvalue weighted by Crippen LogP contribution is -1.85. The number of aromatic nitrogens is 2. The molecular formula is C13H14N2O. The van der Waals surface area contributed by atoms with Gasteiger partial charge in [-0.25, -0.2) is 4.98 Å². The smallest absolute Gasteiger partial charge is 0.137 e. The van der Waals surface area contributed by atoms with Gasteiger partial charge < -0.3 is 9.72 Å². The molecule has 0 radical (unpaired) electrons. The van der Waals surface area contributed by atoms with Crippen molar-refractivity contribution in [3.63, 3.8) is 0 Å². The quantitative estimate of drug-likeness (QED) is 0.853. The van der Waals surface area contributed by atoms with Crippen LogP contribution in [-0.2, 0) is 0 Å². The Kier molecular flexibility index (Phi) is 2.17. The van der Waals surface area contributed by atoms with E-state index in [1.54, 1.807) is 7.11 Å². The van der Waals surface area contributed by atoms with Crippen LogP contribution < -0.4 is 4.74 Å². The lowest BCUT2D eigenvalue weighted by molar-refractivity contribution is 0.415. The van der Waals surface area contributed by atoms with Gasteiger partial charge in [0.2, 0.25) is 0 Å². The summed E-state index contributed by atoms with van der Waals surface area (Å²) >= 11 is 0. The Morgan fingerprint density at radius 2 is 2.25 bits per heavy atom. The number of methoxy groups -OCH3 is 1. The summed E-state index contributed by atoms with van der Waals surface area (Å²) in [7, 11) is 1.68. The summed E-state index contributed by atoms with van der Waals surface area (Å²) < 4.78 is 5.20. The molecule has 82 valence electrons. The summed E-state index contributed by atoms with van der Waals surface area (Å²) in [6.07, 6.45) is 4.53. The minimum Gasteiger partial charge on any atom is -0.497 e. The molecule has 3 heteroatoms. The first kappa shape index (κ1) is 9.46. The Hall–Kier alpha value is -1.77. The summed E-state index contributed by atoms with van der Waals surface area (Å²) in [5.74, 6) is 2.51. The zero-order valence-electron chi connectivity index (χ0n) is 9.23. The van der Waals surface area contributed by atoms with Crippen LogP contribution >= 0.6 is 0 Å². The molecule has 1 aromatic carbocycles. The van der Waals surface area contributed by atoms with E-state index in [1.165, 1.54) is 18.5 Å². The van der Waals surface area contributed by atoms with Crippen molar-refractivity contribution in [3.05, 3.63) is 36.2 Å². The van der Waals surface area contributed by atoms with Crippen LogP contribution in [0, 0.1) is 0 Å². The first-order valence-electron chi connectivity index (χ1n) is 5.56. The van der Waals surface area contributed by atoms with Gasteiger partial charge in [-0.3, -0.25) is 0 Å². The lowest BCUT2D eigenvalue weighted by atomic mass is 10.2. The summed E-state index contributed by atoms with van der Waals surface area (Å²) in [4.78, 5) is 7.79. The average molecular weight is 214 g/mol. The van der Waals surface area contributed by atoms with Crippen molar-refractivity contribution in [2.24, 2.45) is 0 Å². The molecule has 3 nitrogen and oxygen atoms in total. The normalized spacial score (nSPS) is 15.1. The monoisotopic (exact) mass is 214 g/mol. The second kappa shape index (κ2) is 3.67. The largest absolute Gasteiger partial charge is 0.497 e. The van der Waals surface area contributed by atoms with Gasteiger partial charge >= 0.3 is 0 Å². The molecule has 0 saturated heterocycles. The maximum Gasteiger partial charge on any atom is 0.137 e. The molecule has 1 fully saturated rings. The van der Waals surface area contributed by atoms with Gasteiger partial charge in [-0.15, -0.1) is 0 Å². The van der Waals surface area contributed by atoms with Crippen molar-refractivity contribution < 1.29 is 4.74 Å². The maximum atomic E-state index is 5.20. The van der Waals surface area contributed by atoms with Gasteiger partial charge in [-0.1, -0.05) is 12.1 Å². The molecule has 1 aromatic heterocycles. The summed E-state index contributed by atoms with van der Waals surface area (Å²) in [6, 6.07) is 7.95. The van der Waals surface area contributed by atoms with Gasteiger partial charge in [-0.05, 0) is 25.0 Å². The van der Waals surface area contributed by atoms with Gasteiger partial charge in [0, 0.05) is 23.4 Å². The van der Waals surface area contributed by atoms with Crippen molar-refractivity contribution in [3.8, 4) is 17.1 Å². The minimum atomic E-state index is 0.715. The Labute approximate surface area is 94.5 Å². The molecule has 3 rings (SSSR count). The number of H-pyrrole nitrogens is 1. The third-order valence-electron chi connectivity index (χ3n) is 2.96. The molecule has 1 heterocycles. The second-order valence-corrected chi connectivity index (χ2v) is 4.19. The Morgan fingerprint density at radius 3 is 3.00 bits per heavy atom. The van der Waals surface area contributed by atoms with Crippen LogP contribution in [0.4, 0.5) is 0 Å². The van der Waals surface area contributed by atoms with E-state index >= 15 is 0 Å². The van der Waals surface area contributed by atoms with Crippen molar-refractivity contribution in [1.29, 1.82) is 0 Å². The molecule has 16 heavy (non-hydrogen) atoms. The second-order valence-electron chi connectivity index (χ2n) is 4.19. The van der Waals surface area contributed by atoms with Crippen molar-refractivity contribution in [1.82, 2.24) is 9.97 Å². The summed E-state index contributed by atoms with van der Waals surface area (Å²) in [5, 5.41) is 0. The number of nitrogens with zero attached hydrogens (tertiary/aromatic N) is 1. The fourth-order valence-electron chi connectivity index (χ4n) is 1.85. The van der Waals surface area contributed by atoms with E-state index in [1.807, 2.05) is 30.5 Å². The fourth-order valence-corrected chi connectivity index (χ4v) is 1.85. The Balaban J connectivity index is 1.93. The highest BCUT2D eigenvalue weighted by Crippen LogP contribution is 2.39. The zero-order chi connectivity index (χ0) is 11.0. The maximum absolute atomic E-state index is 5.20. The van der Waals surface area contributed by atoms with E-state index in [0.717, 1.165) is 17.1 Å². The van der Waals surface area contributed by atoms with Crippen LogP contribution in [0.3, 0.4) is 0 Å². The van der Waals surface area contributed by atoms with Crippen molar-refractivity contribution in [2.75, 3.05) is 7.11 Å². The molecule has 1 N–H and O–H groups in total. The first-order chi connectivity index (χ1) is 7.86. The number of hydrogen-bond donors (Lipinski definition) is 1. The topological polar surface area (TPSA) is 37.9 Å². The minimum absolute atomic E-state index is 0.715. The highest BCUT2D eigenvalue weighted by molar-refractivity contribution is 5.57. The molecule has 0 bridgehead atoms. The van der Waals surface area contributed by atoms with Gasteiger partial charge in [0.05, 0.1) is 7.11 Å². The molecule has 0 atom stereocenters. The number of imidazole rings is 1. The molecule has 1 saturated carbocycles. The number of nitrogens with one attached hydrogen (secondary N) is 1. The van der Waals surface area contributed by atoms with Gasteiger partial charge in [0.15, 0.2) is 0 Å². The SMILES string of the molecule is COc1cccc(-c2ncc(C3CC3)[nH]2)c1. The van der Waals surface area contributed by atoms with Crippen molar-refractivity contribution >= 4 is 0 Å². The molecule has 0 spiro atoms. The van der Waals surface area contributed by atoms with E-state index in [4.69, 9.17) is 4.74 Å². The van der Waals surface area contributed by atoms with E-state index < -0.39 is 0 Å². The van der Waals surface area contributed by atoms with Crippen LogP contribution in [0.2, 0.25) is 0 Å². The van der Waals surface area contributed by atoms with E-state index in [-0.39, 0.29) is 0 Å². The molecule has 0 amide bonds. The van der Waals surface area contributed by atoms with Crippen LogP contribution in [-0.4, -0.2) is 17.1 Å². The number of benzene rings is 1. The van der Waals surface area contributed by atoms with Gasteiger partial charge in [0.25, 0.3) is 0 Å². The summed E-state index contributed by atoms with van der Waals surface area (Å²) in [5.41, 5.74) is 2.34. The van der Waals surface area contributed by atoms with E-state index in [2.05, 4.69) is 9.97 Å². The third kappa shape index (κ3) is 1.69. The third-order valence-corrected chi connectivity index (χ3v) is 2.96. The Morgan fingerprint density at radius 1 is 1.38 bits per heavy atom. The summed E-state index contributed by atoms with van der Waals surface area (Å²) in [6.45, 7) is 0. The zero-order valence-corrected chi connectivity index (χ0v) is 9.23. The Bertz CT molecular complexity index is 500. The standard InChI is InChI=1S/C13H14N2O/c1-16-11-4-2-3-10(7-11)13-14-8-12(15-13)9-5-6-9/h2-4,7-9H,5-6H2,1H3,(H,14,15). The average Bonchev–Trinajstić information content (AvgIpc) is 3.07. The van der Waals surface area contributed by atoms with Gasteiger partial charge in [-0.2, -0.15) is 0 Å². The molecule has 1 aliphatic carbocycles. The molecule has 0 aliphatic heterocycles. The van der Waals surface area contributed by atoms with Crippen LogP contribution in [0.25, 0.3) is 11.4 Å². The molecule has 2 aromatic rings. The first-order valence-corrected chi connectivity index (χ1v) is 5.56. The van der Waals surface area contributed by atoms with E-state index in [9.17, 15) is 0 Å². The fraction of sp³-hybridized carbons (Fsp3) is 0.308. The predicted molar refractivity (Wildman–Crippen MR) is 62.6 cm³/mol. The number of hydrogen-bond acceptors (Lipinski definition) is 2. The molecule has 0 unspecified atom stereocenters. The van der Waals surface area contributed by atoms with Gasteiger partial charge in [0.1, 0.15) is 11.6 Å². The predicted octanol–water partition coefficient (Wildman–Crippen LogP) is 2.96. The van der Waals surface area contributed by atoms with Crippen LogP contribution in [0.5, 0.6) is 5.75 Å². The number of rotatable bonds is 3.